The van der Waals surface area contributed by atoms with Crippen molar-refractivity contribution in [2.45, 2.75) is 26.8 Å². The van der Waals surface area contributed by atoms with E-state index in [1.165, 1.54) is 22.3 Å². The second kappa shape index (κ2) is 8.88. The largest absolute Gasteiger partial charge is 0.507 e. The Labute approximate surface area is 199 Å². The summed E-state index contributed by atoms with van der Waals surface area (Å²) < 4.78 is 5.50. The number of phenols is 1. The molecule has 2 N–H and O–H groups in total. The summed E-state index contributed by atoms with van der Waals surface area (Å²) >= 11 is 7.25. The fraction of sp³-hybridized carbons (Fsp3) is 0.208. The Morgan fingerprint density at radius 1 is 1.18 bits per heavy atom. The molecule has 1 amide bonds. The van der Waals surface area contributed by atoms with Crippen LogP contribution in [0.25, 0.3) is 5.76 Å². The highest BCUT2D eigenvalue weighted by molar-refractivity contribution is 7.16. The molecule has 0 bridgehead atoms. The fourth-order valence-electron chi connectivity index (χ4n) is 3.64. The third kappa shape index (κ3) is 4.07. The molecule has 0 radical (unpaired) electrons. The molecule has 1 saturated heterocycles. The number of phenolic OH excluding ortho intramolecular Hbond substituents is 1. The van der Waals surface area contributed by atoms with Gasteiger partial charge in [0.05, 0.1) is 23.9 Å². The number of ether oxygens (including phenoxy) is 1. The number of amides is 1. The first-order valence-corrected chi connectivity index (χ1v) is 11.4. The number of hydrogen-bond acceptors (Lipinski definition) is 7. The van der Waals surface area contributed by atoms with E-state index >= 15 is 0 Å². The number of aromatic nitrogens is 1. The molecule has 0 unspecified atom stereocenters. The lowest BCUT2D eigenvalue weighted by Crippen LogP contribution is -2.29. The highest BCUT2D eigenvalue weighted by atomic mass is 35.5. The zero-order valence-corrected chi connectivity index (χ0v) is 19.7. The van der Waals surface area contributed by atoms with E-state index in [4.69, 9.17) is 16.3 Å². The van der Waals surface area contributed by atoms with Gasteiger partial charge in [-0.2, -0.15) is 0 Å². The minimum absolute atomic E-state index is 0.0730. The molecule has 9 heteroatoms. The van der Waals surface area contributed by atoms with Crippen LogP contribution in [-0.2, 0) is 9.59 Å². The van der Waals surface area contributed by atoms with E-state index in [0.717, 1.165) is 10.6 Å². The SMILES string of the molecule is CCOc1cc([C@@H]2C(=C(O)c3ccc(Cl)cc3)C(=O)C(=O)N2c2nc(C)c(C)s2)ccc1O. The van der Waals surface area contributed by atoms with Crippen LogP contribution in [0.4, 0.5) is 5.13 Å². The van der Waals surface area contributed by atoms with Crippen molar-refractivity contribution in [1.29, 1.82) is 0 Å². The van der Waals surface area contributed by atoms with Crippen molar-refractivity contribution in [2.24, 2.45) is 0 Å². The number of benzene rings is 2. The number of ketones is 1. The van der Waals surface area contributed by atoms with Crippen LogP contribution < -0.4 is 9.64 Å². The number of thiazole rings is 1. The van der Waals surface area contributed by atoms with Crippen molar-refractivity contribution in [3.63, 3.8) is 0 Å². The van der Waals surface area contributed by atoms with Gasteiger partial charge in [0.1, 0.15) is 5.76 Å². The van der Waals surface area contributed by atoms with Gasteiger partial charge >= 0.3 is 5.91 Å². The number of carbonyl (C=O) groups is 2. The van der Waals surface area contributed by atoms with Crippen LogP contribution in [0.5, 0.6) is 11.5 Å². The first-order valence-electron chi connectivity index (χ1n) is 10.2. The van der Waals surface area contributed by atoms with Crippen LogP contribution in [0.3, 0.4) is 0 Å². The molecule has 3 aromatic rings. The number of nitrogens with zero attached hydrogens (tertiary/aromatic N) is 2. The van der Waals surface area contributed by atoms with Crippen molar-refractivity contribution in [2.75, 3.05) is 11.5 Å². The van der Waals surface area contributed by atoms with Gasteiger partial charge in [0, 0.05) is 15.5 Å². The summed E-state index contributed by atoms with van der Waals surface area (Å²) in [5.41, 5.74) is 1.49. The number of aromatic hydroxyl groups is 1. The second-order valence-corrected chi connectivity index (χ2v) is 9.09. The predicted octanol–water partition coefficient (Wildman–Crippen LogP) is 5.14. The molecule has 0 spiro atoms. The lowest BCUT2D eigenvalue weighted by atomic mass is 9.95. The maximum atomic E-state index is 13.2. The van der Waals surface area contributed by atoms with E-state index in [0.29, 0.717) is 27.9 Å². The second-order valence-electron chi connectivity index (χ2n) is 7.47. The smallest absolute Gasteiger partial charge is 0.301 e. The van der Waals surface area contributed by atoms with Gasteiger partial charge in [0.25, 0.3) is 5.78 Å². The van der Waals surface area contributed by atoms with Crippen LogP contribution in [-0.4, -0.2) is 33.5 Å². The van der Waals surface area contributed by atoms with Crippen molar-refractivity contribution in [3.05, 3.63) is 74.8 Å². The maximum Gasteiger partial charge on any atom is 0.301 e. The van der Waals surface area contributed by atoms with Crippen molar-refractivity contribution in [1.82, 2.24) is 4.98 Å². The van der Waals surface area contributed by atoms with E-state index in [2.05, 4.69) is 4.98 Å². The highest BCUT2D eigenvalue weighted by Crippen LogP contribution is 2.45. The van der Waals surface area contributed by atoms with Crippen molar-refractivity contribution < 1.29 is 24.5 Å². The Bertz CT molecular complexity index is 1260. The zero-order valence-electron chi connectivity index (χ0n) is 18.1. The van der Waals surface area contributed by atoms with E-state index in [-0.39, 0.29) is 22.8 Å². The number of anilines is 1. The van der Waals surface area contributed by atoms with Gasteiger partial charge in [-0.05, 0) is 62.7 Å². The molecule has 1 fully saturated rings. The number of aryl methyl sites for hydroxylation is 2. The summed E-state index contributed by atoms with van der Waals surface area (Å²) in [6.07, 6.45) is 0. The molecular weight excluding hydrogens is 464 g/mol. The molecule has 0 aliphatic carbocycles. The Balaban J connectivity index is 1.96. The molecule has 2 heterocycles. The maximum absolute atomic E-state index is 13.2. The Hall–Kier alpha value is -3.36. The highest BCUT2D eigenvalue weighted by Gasteiger charge is 2.48. The summed E-state index contributed by atoms with van der Waals surface area (Å²) in [6, 6.07) is 9.93. The molecule has 2 aromatic carbocycles. The third-order valence-corrected chi connectivity index (χ3v) is 6.71. The lowest BCUT2D eigenvalue weighted by Gasteiger charge is -2.23. The van der Waals surface area contributed by atoms with Crippen molar-refractivity contribution in [3.8, 4) is 11.5 Å². The molecule has 170 valence electrons. The molecule has 7 nitrogen and oxygen atoms in total. The zero-order chi connectivity index (χ0) is 23.9. The van der Waals surface area contributed by atoms with E-state index in [9.17, 15) is 19.8 Å². The topological polar surface area (TPSA) is 100.0 Å². The van der Waals surface area contributed by atoms with Gasteiger partial charge in [-0.1, -0.05) is 17.7 Å². The van der Waals surface area contributed by atoms with Crippen LogP contribution in [0.15, 0.2) is 48.0 Å². The molecule has 33 heavy (non-hydrogen) atoms. The first kappa shape index (κ1) is 22.8. The van der Waals surface area contributed by atoms with Gasteiger partial charge in [-0.15, -0.1) is 11.3 Å². The predicted molar refractivity (Wildman–Crippen MR) is 127 cm³/mol. The van der Waals surface area contributed by atoms with Gasteiger partial charge in [0.2, 0.25) is 0 Å². The summed E-state index contributed by atoms with van der Waals surface area (Å²) in [5.74, 6) is -1.82. The summed E-state index contributed by atoms with van der Waals surface area (Å²) in [7, 11) is 0. The van der Waals surface area contributed by atoms with E-state index < -0.39 is 17.7 Å². The van der Waals surface area contributed by atoms with Gasteiger partial charge < -0.3 is 14.9 Å². The Kier molecular flexibility index (Phi) is 6.14. The van der Waals surface area contributed by atoms with Crippen LogP contribution in [0, 0.1) is 13.8 Å². The molecule has 0 saturated carbocycles. The van der Waals surface area contributed by atoms with Gasteiger partial charge in [0.15, 0.2) is 16.6 Å². The number of carbonyl (C=O) groups excluding carboxylic acids is 2. The minimum Gasteiger partial charge on any atom is -0.507 e. The van der Waals surface area contributed by atoms with Crippen molar-refractivity contribution >= 4 is 45.5 Å². The fourth-order valence-corrected chi connectivity index (χ4v) is 4.70. The average Bonchev–Trinajstić information content (AvgIpc) is 3.25. The number of Topliss-reactive ketones (excluding diaryl/α,β-unsaturated/α-hetero) is 1. The van der Waals surface area contributed by atoms with Crippen LogP contribution >= 0.6 is 22.9 Å². The summed E-state index contributed by atoms with van der Waals surface area (Å²) in [4.78, 5) is 33.0. The lowest BCUT2D eigenvalue weighted by molar-refractivity contribution is -0.132. The molecule has 1 aromatic heterocycles. The van der Waals surface area contributed by atoms with Gasteiger partial charge in [-0.25, -0.2) is 4.98 Å². The number of hydrogen-bond donors (Lipinski definition) is 2. The third-order valence-electron chi connectivity index (χ3n) is 5.38. The molecular formula is C24H21ClN2O5S. The number of rotatable bonds is 5. The average molecular weight is 485 g/mol. The van der Waals surface area contributed by atoms with Crippen LogP contribution in [0.2, 0.25) is 5.02 Å². The first-order chi connectivity index (χ1) is 15.7. The van der Waals surface area contributed by atoms with E-state index in [1.807, 2.05) is 13.8 Å². The molecule has 4 rings (SSSR count). The monoisotopic (exact) mass is 484 g/mol. The number of aliphatic hydroxyl groups excluding tert-OH is 1. The molecule has 1 aliphatic heterocycles. The molecule has 1 atom stereocenters. The quantitative estimate of drug-likeness (QED) is 0.295. The standard InChI is InChI=1S/C24H21ClN2O5S/c1-4-32-18-11-15(7-10-17(18)28)20-19(21(29)14-5-8-16(25)9-6-14)22(30)23(31)27(20)24-26-12(2)13(3)33-24/h5-11,20,28-29H,4H2,1-3H3/t20-/m1/s1. The number of halogens is 1. The van der Waals surface area contributed by atoms with Gasteiger partial charge in [-0.3, -0.25) is 14.5 Å². The summed E-state index contributed by atoms with van der Waals surface area (Å²) in [6.45, 7) is 5.79. The summed E-state index contributed by atoms with van der Waals surface area (Å²) in [5, 5.41) is 22.1. The molecule has 1 aliphatic rings. The Morgan fingerprint density at radius 2 is 1.88 bits per heavy atom. The number of aliphatic hydroxyl groups is 1. The van der Waals surface area contributed by atoms with Crippen LogP contribution in [0.1, 0.15) is 34.7 Å². The Morgan fingerprint density at radius 3 is 2.48 bits per heavy atom. The normalized spacial score (nSPS) is 17.6. The van der Waals surface area contributed by atoms with E-state index in [1.54, 1.807) is 43.3 Å². The minimum atomic E-state index is -0.967.